The minimum Gasteiger partial charge on any atom is -0.476 e. The number of rotatable bonds is 2. The van der Waals surface area contributed by atoms with Crippen molar-refractivity contribution in [2.24, 2.45) is 0 Å². The van der Waals surface area contributed by atoms with Crippen LogP contribution in [0.25, 0.3) is 16.8 Å². The van der Waals surface area contributed by atoms with E-state index < -0.39 is 5.97 Å². The highest BCUT2D eigenvalue weighted by Crippen LogP contribution is 2.34. The summed E-state index contributed by atoms with van der Waals surface area (Å²) in [5.41, 5.74) is 2.57. The maximum atomic E-state index is 11.0. The van der Waals surface area contributed by atoms with E-state index in [4.69, 9.17) is 28.3 Å². The lowest BCUT2D eigenvalue weighted by atomic mass is 10.1. The van der Waals surface area contributed by atoms with E-state index in [2.05, 4.69) is 10.1 Å². The molecule has 3 rings (SSSR count). The van der Waals surface area contributed by atoms with Crippen molar-refractivity contribution < 1.29 is 9.90 Å². The number of hydrogen-bond donors (Lipinski definition) is 1. The van der Waals surface area contributed by atoms with Crippen LogP contribution < -0.4 is 0 Å². The Balaban J connectivity index is 2.28. The number of hydrogen-bond acceptors (Lipinski definition) is 3. The van der Waals surface area contributed by atoms with Crippen LogP contribution >= 0.6 is 23.2 Å². The second-order valence-electron chi connectivity index (χ2n) is 4.54. The molecule has 0 unspecified atom stereocenters. The van der Waals surface area contributed by atoms with Crippen molar-refractivity contribution in [2.45, 2.75) is 6.92 Å². The third-order valence-electron chi connectivity index (χ3n) is 3.06. The molecule has 0 fully saturated rings. The molecule has 5 nitrogen and oxygen atoms in total. The SMILES string of the molecule is Cc1ccc(-c2c(Cl)nc3cc(C(=O)O)nn3c2Cl)cc1. The van der Waals surface area contributed by atoms with Crippen LogP contribution in [0.4, 0.5) is 0 Å². The molecule has 0 aliphatic carbocycles. The summed E-state index contributed by atoms with van der Waals surface area (Å²) in [5, 5.41) is 13.3. The minimum absolute atomic E-state index is 0.137. The van der Waals surface area contributed by atoms with Crippen molar-refractivity contribution >= 4 is 34.8 Å². The summed E-state index contributed by atoms with van der Waals surface area (Å²) in [6.07, 6.45) is 0. The smallest absolute Gasteiger partial charge is 0.356 e. The van der Waals surface area contributed by atoms with Crippen LogP contribution in [0.1, 0.15) is 16.1 Å². The van der Waals surface area contributed by atoms with Crippen molar-refractivity contribution in [3.05, 3.63) is 51.9 Å². The molecular formula is C14H9Cl2N3O2. The molecule has 0 aliphatic rings. The molecule has 0 bridgehead atoms. The predicted octanol–water partition coefficient (Wildman–Crippen LogP) is 3.71. The first-order valence-electron chi connectivity index (χ1n) is 6.02. The third kappa shape index (κ3) is 2.34. The van der Waals surface area contributed by atoms with Gasteiger partial charge in [-0.15, -0.1) is 0 Å². The second-order valence-corrected chi connectivity index (χ2v) is 5.26. The normalized spacial score (nSPS) is 11.0. The molecule has 3 aromatic rings. The van der Waals surface area contributed by atoms with Crippen molar-refractivity contribution in [3.63, 3.8) is 0 Å². The lowest BCUT2D eigenvalue weighted by Crippen LogP contribution is -2.00. The molecule has 0 saturated carbocycles. The molecule has 0 atom stereocenters. The van der Waals surface area contributed by atoms with E-state index in [1.54, 1.807) is 0 Å². The second kappa shape index (κ2) is 5.02. The van der Waals surface area contributed by atoms with Gasteiger partial charge in [0.05, 0.1) is 5.56 Å². The summed E-state index contributed by atoms with van der Waals surface area (Å²) in [5.74, 6) is -1.15. The van der Waals surface area contributed by atoms with Gasteiger partial charge < -0.3 is 5.11 Å². The standard InChI is InChI=1S/C14H9Cl2N3O2/c1-7-2-4-8(5-3-7)11-12(15)17-10-6-9(14(20)21)18-19(10)13(11)16/h2-6H,1H3,(H,20,21). The predicted molar refractivity (Wildman–Crippen MR) is 80.1 cm³/mol. The molecule has 0 aliphatic heterocycles. The van der Waals surface area contributed by atoms with Gasteiger partial charge in [-0.3, -0.25) is 0 Å². The Labute approximate surface area is 129 Å². The number of benzene rings is 1. The third-order valence-corrected chi connectivity index (χ3v) is 3.68. The molecule has 106 valence electrons. The van der Waals surface area contributed by atoms with Crippen molar-refractivity contribution in [2.75, 3.05) is 0 Å². The van der Waals surface area contributed by atoms with Gasteiger partial charge in [0.2, 0.25) is 0 Å². The highest BCUT2D eigenvalue weighted by Gasteiger charge is 2.18. The largest absolute Gasteiger partial charge is 0.476 e. The number of fused-ring (bicyclic) bond motifs is 1. The summed E-state index contributed by atoms with van der Waals surface area (Å²) in [4.78, 5) is 15.1. The van der Waals surface area contributed by atoms with E-state index in [1.165, 1.54) is 10.6 Å². The van der Waals surface area contributed by atoms with Crippen molar-refractivity contribution in [3.8, 4) is 11.1 Å². The van der Waals surface area contributed by atoms with E-state index in [0.717, 1.165) is 11.1 Å². The van der Waals surface area contributed by atoms with Crippen LogP contribution in [-0.2, 0) is 0 Å². The molecule has 0 radical (unpaired) electrons. The molecule has 1 aromatic carbocycles. The molecule has 7 heteroatoms. The topological polar surface area (TPSA) is 67.5 Å². The quantitative estimate of drug-likeness (QED) is 0.730. The van der Waals surface area contributed by atoms with Crippen LogP contribution in [0.3, 0.4) is 0 Å². The van der Waals surface area contributed by atoms with Crippen molar-refractivity contribution in [1.29, 1.82) is 0 Å². The Bertz CT molecular complexity index is 857. The monoisotopic (exact) mass is 321 g/mol. The van der Waals surface area contributed by atoms with E-state index >= 15 is 0 Å². The van der Waals surface area contributed by atoms with Gasteiger partial charge in [0.15, 0.2) is 11.3 Å². The number of nitrogens with zero attached hydrogens (tertiary/aromatic N) is 3. The summed E-state index contributed by atoms with van der Waals surface area (Å²) >= 11 is 12.5. The number of carboxylic acid groups (broad SMARTS) is 1. The number of aromatic nitrogens is 3. The van der Waals surface area contributed by atoms with E-state index in [-0.39, 0.29) is 16.0 Å². The summed E-state index contributed by atoms with van der Waals surface area (Å²) in [6.45, 7) is 1.97. The van der Waals surface area contributed by atoms with Gasteiger partial charge in [0.1, 0.15) is 10.3 Å². The average Bonchev–Trinajstić information content (AvgIpc) is 2.85. The fourth-order valence-corrected chi connectivity index (χ4v) is 2.66. The van der Waals surface area contributed by atoms with Gasteiger partial charge in [-0.25, -0.2) is 14.3 Å². The average molecular weight is 322 g/mol. The first-order valence-corrected chi connectivity index (χ1v) is 6.78. The number of carbonyl (C=O) groups is 1. The maximum absolute atomic E-state index is 11.0. The van der Waals surface area contributed by atoms with Gasteiger partial charge in [-0.05, 0) is 12.5 Å². The first kappa shape index (κ1) is 13.9. The lowest BCUT2D eigenvalue weighted by Gasteiger charge is -2.08. The molecule has 1 N–H and O–H groups in total. The molecule has 0 saturated heterocycles. The molecule has 21 heavy (non-hydrogen) atoms. The Morgan fingerprint density at radius 1 is 1.24 bits per heavy atom. The zero-order valence-corrected chi connectivity index (χ0v) is 12.4. The lowest BCUT2D eigenvalue weighted by molar-refractivity contribution is 0.0690. The summed E-state index contributed by atoms with van der Waals surface area (Å²) in [6, 6.07) is 8.92. The summed E-state index contributed by atoms with van der Waals surface area (Å²) < 4.78 is 1.27. The van der Waals surface area contributed by atoms with Gasteiger partial charge in [0, 0.05) is 6.07 Å². The van der Waals surface area contributed by atoms with Gasteiger partial charge in [0.25, 0.3) is 0 Å². The Hall–Kier alpha value is -2.11. The first-order chi connectivity index (χ1) is 9.97. The number of aryl methyl sites for hydroxylation is 1. The fraction of sp³-hybridized carbons (Fsp3) is 0.0714. The van der Waals surface area contributed by atoms with Crippen LogP contribution in [0.5, 0.6) is 0 Å². The van der Waals surface area contributed by atoms with Gasteiger partial charge in [-0.1, -0.05) is 53.0 Å². The van der Waals surface area contributed by atoms with E-state index in [9.17, 15) is 4.79 Å². The van der Waals surface area contributed by atoms with Crippen LogP contribution in [0.2, 0.25) is 10.3 Å². The fourth-order valence-electron chi connectivity index (χ4n) is 2.01. The minimum atomic E-state index is -1.15. The van der Waals surface area contributed by atoms with E-state index in [1.807, 2.05) is 31.2 Å². The summed E-state index contributed by atoms with van der Waals surface area (Å²) in [7, 11) is 0. The molecular weight excluding hydrogens is 313 g/mol. The van der Waals surface area contributed by atoms with Crippen LogP contribution in [-0.4, -0.2) is 25.7 Å². The van der Waals surface area contributed by atoms with Gasteiger partial charge >= 0.3 is 5.97 Å². The van der Waals surface area contributed by atoms with Gasteiger partial charge in [-0.2, -0.15) is 5.10 Å². The van der Waals surface area contributed by atoms with Crippen molar-refractivity contribution in [1.82, 2.24) is 14.6 Å². The van der Waals surface area contributed by atoms with E-state index in [0.29, 0.717) is 11.2 Å². The Morgan fingerprint density at radius 3 is 2.52 bits per heavy atom. The Kier molecular flexibility index (Phi) is 3.31. The highest BCUT2D eigenvalue weighted by molar-refractivity contribution is 6.38. The maximum Gasteiger partial charge on any atom is 0.356 e. The molecule has 2 heterocycles. The number of halogens is 2. The number of carboxylic acids is 1. The zero-order chi connectivity index (χ0) is 15.1. The zero-order valence-electron chi connectivity index (χ0n) is 10.8. The number of aromatic carboxylic acids is 1. The molecule has 0 amide bonds. The van der Waals surface area contributed by atoms with Crippen LogP contribution in [0.15, 0.2) is 30.3 Å². The highest BCUT2D eigenvalue weighted by atomic mass is 35.5. The Morgan fingerprint density at radius 2 is 1.90 bits per heavy atom. The van der Waals surface area contributed by atoms with Crippen LogP contribution in [0, 0.1) is 6.92 Å². The molecule has 2 aromatic heterocycles. The molecule has 0 spiro atoms.